The number of halogens is 1. The second kappa shape index (κ2) is 5.11. The Morgan fingerprint density at radius 3 is 2.93 bits per heavy atom. The summed E-state index contributed by atoms with van der Waals surface area (Å²) in [6.07, 6.45) is 0.649. The standard InChI is InChI=1S/C8H13BrN4O/c1-5(2-3-14)11-8-12-6(9)4-7(10)13-8/h4-5,14H,2-3H2,1H3,(H3,10,11,12,13). The van der Waals surface area contributed by atoms with Crippen LogP contribution in [-0.4, -0.2) is 27.7 Å². The molecule has 0 saturated carbocycles. The molecule has 1 rings (SSSR count). The lowest BCUT2D eigenvalue weighted by molar-refractivity contribution is 0.282. The number of hydrogen-bond donors (Lipinski definition) is 3. The summed E-state index contributed by atoms with van der Waals surface area (Å²) in [7, 11) is 0. The van der Waals surface area contributed by atoms with Crippen LogP contribution in [0.5, 0.6) is 0 Å². The van der Waals surface area contributed by atoms with E-state index in [0.717, 1.165) is 0 Å². The average Bonchev–Trinajstić information content (AvgIpc) is 2.01. The van der Waals surface area contributed by atoms with Gasteiger partial charge in [-0.1, -0.05) is 0 Å². The van der Waals surface area contributed by atoms with Crippen molar-refractivity contribution in [3.05, 3.63) is 10.7 Å². The number of nitrogens with zero attached hydrogens (tertiary/aromatic N) is 2. The lowest BCUT2D eigenvalue weighted by Gasteiger charge is -2.12. The predicted molar refractivity (Wildman–Crippen MR) is 58.9 cm³/mol. The molecule has 0 aliphatic heterocycles. The van der Waals surface area contributed by atoms with Crippen molar-refractivity contribution in [2.45, 2.75) is 19.4 Å². The Labute approximate surface area is 90.9 Å². The maximum absolute atomic E-state index is 8.71. The van der Waals surface area contributed by atoms with E-state index in [2.05, 4.69) is 31.2 Å². The zero-order chi connectivity index (χ0) is 10.6. The molecule has 0 radical (unpaired) electrons. The number of nitrogen functional groups attached to an aromatic ring is 1. The summed E-state index contributed by atoms with van der Waals surface area (Å²) in [5.74, 6) is 0.878. The van der Waals surface area contributed by atoms with Crippen molar-refractivity contribution in [2.75, 3.05) is 17.7 Å². The van der Waals surface area contributed by atoms with E-state index >= 15 is 0 Å². The highest BCUT2D eigenvalue weighted by atomic mass is 79.9. The summed E-state index contributed by atoms with van der Waals surface area (Å²) in [4.78, 5) is 8.09. The highest BCUT2D eigenvalue weighted by Crippen LogP contribution is 2.13. The zero-order valence-corrected chi connectivity index (χ0v) is 9.45. The Balaban J connectivity index is 2.66. The van der Waals surface area contributed by atoms with Crippen LogP contribution in [0.4, 0.5) is 11.8 Å². The number of anilines is 2. The molecular weight excluding hydrogens is 248 g/mol. The van der Waals surface area contributed by atoms with Gasteiger partial charge in [0, 0.05) is 18.7 Å². The number of aromatic nitrogens is 2. The molecule has 14 heavy (non-hydrogen) atoms. The van der Waals surface area contributed by atoms with Gasteiger partial charge in [0.15, 0.2) is 0 Å². The number of nitrogens with one attached hydrogen (secondary N) is 1. The predicted octanol–water partition coefficient (Wildman–Crippen LogP) is 1.00. The second-order valence-electron chi connectivity index (χ2n) is 3.00. The molecule has 0 aliphatic carbocycles. The van der Waals surface area contributed by atoms with Gasteiger partial charge in [0.25, 0.3) is 0 Å². The van der Waals surface area contributed by atoms with Crippen LogP contribution in [0.15, 0.2) is 10.7 Å². The Morgan fingerprint density at radius 1 is 1.64 bits per heavy atom. The molecular formula is C8H13BrN4O. The SMILES string of the molecule is CC(CCO)Nc1nc(N)cc(Br)n1. The third-order valence-corrected chi connectivity index (χ3v) is 2.06. The lowest BCUT2D eigenvalue weighted by atomic mass is 10.2. The molecule has 1 atom stereocenters. The van der Waals surface area contributed by atoms with Gasteiger partial charge in [0.05, 0.1) is 0 Å². The fraction of sp³-hybridized carbons (Fsp3) is 0.500. The van der Waals surface area contributed by atoms with Gasteiger partial charge in [0.2, 0.25) is 5.95 Å². The molecule has 0 spiro atoms. The highest BCUT2D eigenvalue weighted by Gasteiger charge is 2.04. The van der Waals surface area contributed by atoms with Crippen molar-refractivity contribution in [2.24, 2.45) is 0 Å². The summed E-state index contributed by atoms with van der Waals surface area (Å²) in [6, 6.07) is 1.75. The van der Waals surface area contributed by atoms with Gasteiger partial charge in [-0.3, -0.25) is 0 Å². The molecule has 1 heterocycles. The highest BCUT2D eigenvalue weighted by molar-refractivity contribution is 9.10. The monoisotopic (exact) mass is 260 g/mol. The quantitative estimate of drug-likeness (QED) is 0.704. The van der Waals surface area contributed by atoms with E-state index in [1.807, 2.05) is 6.92 Å². The first-order valence-corrected chi connectivity index (χ1v) is 5.08. The van der Waals surface area contributed by atoms with Crippen LogP contribution in [0.2, 0.25) is 0 Å². The first-order chi connectivity index (χ1) is 6.61. The Bertz CT molecular complexity index is 287. The molecule has 0 aliphatic rings. The van der Waals surface area contributed by atoms with Crippen LogP contribution in [0, 0.1) is 0 Å². The summed E-state index contributed by atoms with van der Waals surface area (Å²) in [5.41, 5.74) is 5.54. The minimum atomic E-state index is 0.119. The van der Waals surface area contributed by atoms with Gasteiger partial charge < -0.3 is 16.2 Å². The molecule has 0 amide bonds. The molecule has 6 heteroatoms. The first-order valence-electron chi connectivity index (χ1n) is 4.29. The van der Waals surface area contributed by atoms with Crippen molar-refractivity contribution in [1.82, 2.24) is 9.97 Å². The molecule has 4 N–H and O–H groups in total. The normalized spacial score (nSPS) is 12.5. The topological polar surface area (TPSA) is 84.1 Å². The molecule has 0 fully saturated rings. The molecule has 78 valence electrons. The summed E-state index contributed by atoms with van der Waals surface area (Å²) < 4.78 is 0.642. The van der Waals surface area contributed by atoms with Crippen LogP contribution in [-0.2, 0) is 0 Å². The van der Waals surface area contributed by atoms with Gasteiger partial charge in [-0.05, 0) is 29.3 Å². The maximum atomic E-state index is 8.71. The third kappa shape index (κ3) is 3.47. The second-order valence-corrected chi connectivity index (χ2v) is 3.81. The molecule has 0 bridgehead atoms. The number of aliphatic hydroxyl groups excluding tert-OH is 1. The van der Waals surface area contributed by atoms with E-state index in [0.29, 0.717) is 22.8 Å². The van der Waals surface area contributed by atoms with E-state index in [-0.39, 0.29) is 12.6 Å². The van der Waals surface area contributed by atoms with Gasteiger partial charge in [-0.15, -0.1) is 0 Å². The van der Waals surface area contributed by atoms with Crippen molar-refractivity contribution < 1.29 is 5.11 Å². The average molecular weight is 261 g/mol. The van der Waals surface area contributed by atoms with Crippen LogP contribution in [0.3, 0.4) is 0 Å². The van der Waals surface area contributed by atoms with E-state index in [1.165, 1.54) is 0 Å². The number of rotatable bonds is 4. The van der Waals surface area contributed by atoms with Crippen molar-refractivity contribution in [1.29, 1.82) is 0 Å². The lowest BCUT2D eigenvalue weighted by Crippen LogP contribution is -2.18. The van der Waals surface area contributed by atoms with Crippen molar-refractivity contribution in [3.8, 4) is 0 Å². The van der Waals surface area contributed by atoms with Gasteiger partial charge in [-0.25, -0.2) is 4.98 Å². The largest absolute Gasteiger partial charge is 0.396 e. The van der Waals surface area contributed by atoms with Crippen molar-refractivity contribution in [3.63, 3.8) is 0 Å². The Hall–Kier alpha value is -0.880. The number of hydrogen-bond acceptors (Lipinski definition) is 5. The molecule has 1 unspecified atom stereocenters. The fourth-order valence-electron chi connectivity index (χ4n) is 0.986. The zero-order valence-electron chi connectivity index (χ0n) is 7.87. The molecule has 1 aromatic heterocycles. The van der Waals surface area contributed by atoms with Crippen LogP contribution < -0.4 is 11.1 Å². The summed E-state index contributed by atoms with van der Waals surface area (Å²) in [6.45, 7) is 2.08. The first kappa shape index (κ1) is 11.2. The fourth-order valence-corrected chi connectivity index (χ4v) is 1.39. The van der Waals surface area contributed by atoms with E-state index in [1.54, 1.807) is 6.07 Å². The number of aliphatic hydroxyl groups is 1. The molecule has 0 aromatic carbocycles. The minimum Gasteiger partial charge on any atom is -0.396 e. The van der Waals surface area contributed by atoms with Crippen LogP contribution >= 0.6 is 15.9 Å². The van der Waals surface area contributed by atoms with Crippen molar-refractivity contribution >= 4 is 27.7 Å². The van der Waals surface area contributed by atoms with Crippen LogP contribution in [0.25, 0.3) is 0 Å². The van der Waals surface area contributed by atoms with E-state index in [4.69, 9.17) is 10.8 Å². The summed E-state index contributed by atoms with van der Waals surface area (Å²) >= 11 is 3.22. The maximum Gasteiger partial charge on any atom is 0.225 e. The van der Waals surface area contributed by atoms with E-state index < -0.39 is 0 Å². The van der Waals surface area contributed by atoms with Crippen LogP contribution in [0.1, 0.15) is 13.3 Å². The third-order valence-electron chi connectivity index (χ3n) is 1.65. The molecule has 1 aromatic rings. The number of nitrogens with two attached hydrogens (primary N) is 1. The van der Waals surface area contributed by atoms with Gasteiger partial charge in [0.1, 0.15) is 10.4 Å². The van der Waals surface area contributed by atoms with E-state index in [9.17, 15) is 0 Å². The summed E-state index contributed by atoms with van der Waals surface area (Å²) in [5, 5.41) is 11.7. The minimum absolute atomic E-state index is 0.119. The Kier molecular flexibility index (Phi) is 4.09. The van der Waals surface area contributed by atoms with Gasteiger partial charge in [-0.2, -0.15) is 4.98 Å². The molecule has 0 saturated heterocycles. The molecule has 5 nitrogen and oxygen atoms in total. The smallest absolute Gasteiger partial charge is 0.225 e. The Morgan fingerprint density at radius 2 is 2.36 bits per heavy atom. The van der Waals surface area contributed by atoms with Gasteiger partial charge >= 0.3 is 0 Å².